The average Bonchev–Trinajstić information content (AvgIpc) is 2.60. The number of rotatable bonds is 9. The summed E-state index contributed by atoms with van der Waals surface area (Å²) >= 11 is 0. The van der Waals surface area contributed by atoms with Crippen molar-refractivity contribution in [3.8, 4) is 0 Å². The first-order valence-electron chi connectivity index (χ1n) is 9.01. The number of nitrogens with two attached hydrogens (primary N) is 1. The second kappa shape index (κ2) is 9.59. The Kier molecular flexibility index (Phi) is 7.69. The van der Waals surface area contributed by atoms with Crippen molar-refractivity contribution in [2.75, 3.05) is 13.1 Å². The number of likely N-dealkylation sites (tertiary alicyclic amines) is 1. The maximum absolute atomic E-state index is 12.0. The third-order valence-electron chi connectivity index (χ3n) is 4.91. The number of allylic oxidation sites excluding steroid dienone is 1. The summed E-state index contributed by atoms with van der Waals surface area (Å²) in [5, 5.41) is 49.8. The van der Waals surface area contributed by atoms with E-state index >= 15 is 0 Å². The zero-order chi connectivity index (χ0) is 21.0. The number of aliphatic hydroxyl groups excluding tert-OH is 2. The smallest absolute Gasteiger partial charge is 0.451 e. The van der Waals surface area contributed by atoms with Crippen molar-refractivity contribution >= 4 is 13.0 Å². The molecule has 28 heavy (non-hydrogen) atoms. The van der Waals surface area contributed by atoms with Gasteiger partial charge in [0.1, 0.15) is 23.9 Å². The zero-order valence-corrected chi connectivity index (χ0v) is 15.5. The van der Waals surface area contributed by atoms with E-state index in [0.29, 0.717) is 0 Å². The Bertz CT molecular complexity index is 633. The van der Waals surface area contributed by atoms with Crippen LogP contribution in [0, 0.1) is 10.8 Å². The number of carbonyl (C=O) groups excluding carboxylic acids is 1. The number of carbonyl (C=O) groups is 1. The predicted octanol–water partition coefficient (Wildman–Crippen LogP) is -2.33. The average molecular weight is 399 g/mol. The van der Waals surface area contributed by atoms with Crippen LogP contribution < -0.4 is 5.73 Å². The Morgan fingerprint density at radius 1 is 1.39 bits per heavy atom. The van der Waals surface area contributed by atoms with Gasteiger partial charge in [-0.25, -0.2) is 0 Å². The van der Waals surface area contributed by atoms with E-state index in [4.69, 9.17) is 20.5 Å². The first-order valence-corrected chi connectivity index (χ1v) is 9.01. The normalized spacial score (nSPS) is 24.8. The summed E-state index contributed by atoms with van der Waals surface area (Å²) in [6.45, 7) is 1.82. The molecule has 0 saturated carbocycles. The first kappa shape index (κ1) is 22.5. The van der Waals surface area contributed by atoms with Gasteiger partial charge in [0.25, 0.3) is 0 Å². The highest BCUT2D eigenvalue weighted by Crippen LogP contribution is 2.33. The number of hydrogen-bond donors (Lipinski definition) is 6. The van der Waals surface area contributed by atoms with Crippen LogP contribution in [0.5, 0.6) is 0 Å². The van der Waals surface area contributed by atoms with E-state index in [0.717, 1.165) is 0 Å². The van der Waals surface area contributed by atoms with Gasteiger partial charge in [-0.2, -0.15) is 4.91 Å². The predicted molar refractivity (Wildman–Crippen MR) is 98.2 cm³/mol. The largest absolute Gasteiger partial charge is 0.487 e. The van der Waals surface area contributed by atoms with Crippen LogP contribution in [0.25, 0.3) is 0 Å². The third kappa shape index (κ3) is 5.16. The quantitative estimate of drug-likeness (QED) is 0.140. The maximum Gasteiger partial charge on any atom is 0.451 e. The molecule has 1 amide bonds. The molecule has 12 heteroatoms. The fourth-order valence-electron chi connectivity index (χ4n) is 3.20. The van der Waals surface area contributed by atoms with E-state index in [1.54, 1.807) is 6.08 Å². The van der Waals surface area contributed by atoms with Crippen LogP contribution in [-0.4, -0.2) is 87.0 Å². The Hall–Kier alpha value is -1.83. The summed E-state index contributed by atoms with van der Waals surface area (Å²) in [4.78, 5) is 24.7. The molecule has 0 spiro atoms. The van der Waals surface area contributed by atoms with Crippen LogP contribution in [0.4, 0.5) is 0 Å². The fraction of sp³-hybridized carbons (Fsp3) is 0.688. The van der Waals surface area contributed by atoms with Gasteiger partial charge in [0.05, 0.1) is 24.8 Å². The second-order valence-corrected chi connectivity index (χ2v) is 7.07. The van der Waals surface area contributed by atoms with Gasteiger partial charge < -0.3 is 40.7 Å². The van der Waals surface area contributed by atoms with Crippen molar-refractivity contribution in [1.29, 1.82) is 0 Å². The molecule has 2 aliphatic rings. The lowest BCUT2D eigenvalue weighted by molar-refractivity contribution is -0.146. The lowest BCUT2D eigenvalue weighted by atomic mass is 9.76. The minimum Gasteiger partial charge on any atom is -0.487 e. The molecular weight excluding hydrogens is 373 g/mol. The molecule has 0 bridgehead atoms. The van der Waals surface area contributed by atoms with Gasteiger partial charge in [0.15, 0.2) is 6.29 Å². The summed E-state index contributed by atoms with van der Waals surface area (Å²) in [6, 6.07) is -2.16. The number of nitrogens with zero attached hydrogens (tertiary/aromatic N) is 2. The fourth-order valence-corrected chi connectivity index (χ4v) is 3.20. The molecule has 1 saturated heterocycles. The maximum atomic E-state index is 12.0. The van der Waals surface area contributed by atoms with Crippen LogP contribution in [0.1, 0.15) is 13.3 Å². The molecule has 0 radical (unpaired) electrons. The van der Waals surface area contributed by atoms with Gasteiger partial charge >= 0.3 is 7.12 Å². The summed E-state index contributed by atoms with van der Waals surface area (Å²) in [5.41, 5.74) is 5.50. The van der Waals surface area contributed by atoms with Crippen molar-refractivity contribution in [2.45, 2.75) is 50.2 Å². The summed E-state index contributed by atoms with van der Waals surface area (Å²) < 4.78 is 5.71. The Morgan fingerprint density at radius 2 is 2.04 bits per heavy atom. The lowest BCUT2D eigenvalue weighted by Crippen LogP contribution is -2.60. The van der Waals surface area contributed by atoms with Crippen molar-refractivity contribution in [1.82, 2.24) is 4.90 Å². The van der Waals surface area contributed by atoms with Crippen molar-refractivity contribution in [3.63, 3.8) is 0 Å². The number of amides is 1. The van der Waals surface area contributed by atoms with Crippen LogP contribution >= 0.6 is 0 Å². The molecular formula is C16H26BN3O8. The van der Waals surface area contributed by atoms with Gasteiger partial charge in [0.2, 0.25) is 5.91 Å². The number of hydrogen-bond acceptors (Lipinski definition) is 10. The second-order valence-electron chi connectivity index (χ2n) is 7.07. The van der Waals surface area contributed by atoms with Crippen molar-refractivity contribution in [3.05, 3.63) is 28.4 Å². The summed E-state index contributed by atoms with van der Waals surface area (Å²) in [6.07, 6.45) is -0.127. The van der Waals surface area contributed by atoms with E-state index in [1.165, 1.54) is 17.9 Å². The Balaban J connectivity index is 2.04. The molecule has 0 aromatic heterocycles. The van der Waals surface area contributed by atoms with Crippen LogP contribution in [-0.2, 0) is 9.53 Å². The Morgan fingerprint density at radius 3 is 2.54 bits per heavy atom. The zero-order valence-electron chi connectivity index (χ0n) is 15.5. The molecule has 7 N–H and O–H groups in total. The highest BCUT2D eigenvalue weighted by Gasteiger charge is 2.39. The van der Waals surface area contributed by atoms with E-state index in [9.17, 15) is 25.0 Å². The number of ether oxygens (including phenoxy) is 1. The SMILES string of the molecule is C[C@H](O)[C@@H](N)C(=O)N1CC(OC2=C(C(O)O)C(N=O)C(CCB(O)O)C=C2)C1. The van der Waals surface area contributed by atoms with Crippen molar-refractivity contribution < 1.29 is 34.9 Å². The molecule has 4 atom stereocenters. The van der Waals surface area contributed by atoms with E-state index < -0.39 is 49.5 Å². The molecule has 2 rings (SSSR count). The van der Waals surface area contributed by atoms with Crippen LogP contribution in [0.3, 0.4) is 0 Å². The number of nitroso groups, excluding NO2 is 1. The first-order chi connectivity index (χ1) is 13.1. The minimum atomic E-state index is -1.98. The van der Waals surface area contributed by atoms with Gasteiger partial charge in [-0.15, -0.1) is 0 Å². The van der Waals surface area contributed by atoms with Gasteiger partial charge in [-0.1, -0.05) is 11.3 Å². The molecule has 1 aliphatic carbocycles. The molecule has 156 valence electrons. The molecule has 1 fully saturated rings. The highest BCUT2D eigenvalue weighted by molar-refractivity contribution is 6.40. The monoisotopic (exact) mass is 399 g/mol. The van der Waals surface area contributed by atoms with Crippen LogP contribution in [0.2, 0.25) is 6.32 Å². The van der Waals surface area contributed by atoms with E-state index in [-0.39, 0.29) is 37.2 Å². The molecule has 1 aliphatic heterocycles. The lowest BCUT2D eigenvalue weighted by Gasteiger charge is -2.41. The third-order valence-corrected chi connectivity index (χ3v) is 4.91. The standard InChI is InChI=1S/C16H26BN3O8/c1-8(21)13(18)15(22)20-6-10(7-20)28-11-3-2-9(4-5-17(25)26)14(19-27)12(11)16(23)24/h2-3,8-10,13-14,16,21,23-26H,4-7,18H2,1H3/t8-,9?,13+,14?/m0/s1. The summed E-state index contributed by atoms with van der Waals surface area (Å²) in [5.74, 6) is -0.871. The Labute approximate surface area is 162 Å². The number of aliphatic hydroxyl groups is 3. The van der Waals surface area contributed by atoms with Crippen LogP contribution in [0.15, 0.2) is 28.7 Å². The van der Waals surface area contributed by atoms with E-state index in [1.807, 2.05) is 0 Å². The van der Waals surface area contributed by atoms with Gasteiger partial charge in [-0.3, -0.25) is 4.79 Å². The van der Waals surface area contributed by atoms with E-state index in [2.05, 4.69) is 5.18 Å². The van der Waals surface area contributed by atoms with Gasteiger partial charge in [-0.05, 0) is 25.7 Å². The van der Waals surface area contributed by atoms with Crippen molar-refractivity contribution in [2.24, 2.45) is 16.8 Å². The molecule has 0 aromatic rings. The molecule has 11 nitrogen and oxygen atoms in total. The molecule has 2 unspecified atom stereocenters. The highest BCUT2D eigenvalue weighted by atomic mass is 16.5. The van der Waals surface area contributed by atoms with Gasteiger partial charge in [0, 0.05) is 5.92 Å². The minimum absolute atomic E-state index is 0.00471. The molecule has 1 heterocycles. The topological polar surface area (TPSA) is 186 Å². The molecule has 0 aromatic carbocycles. The summed E-state index contributed by atoms with van der Waals surface area (Å²) in [7, 11) is -1.55.